The molecule has 0 fully saturated rings. The normalized spacial score (nSPS) is 12.7. The monoisotopic (exact) mass is 343 g/mol. The molecule has 1 aromatic carbocycles. The predicted molar refractivity (Wildman–Crippen MR) is 71.5 cm³/mol. The van der Waals surface area contributed by atoms with Crippen LogP contribution in [-0.4, -0.2) is 7.05 Å². The summed E-state index contributed by atoms with van der Waals surface area (Å²) in [6, 6.07) is 10.0. The van der Waals surface area contributed by atoms with E-state index in [1.807, 2.05) is 31.3 Å². The summed E-state index contributed by atoms with van der Waals surface area (Å²) < 4.78 is 7.54. The lowest BCUT2D eigenvalue weighted by Crippen LogP contribution is -2.17. The molecule has 0 spiro atoms. The average Bonchev–Trinajstić information content (AvgIpc) is 2.75. The van der Waals surface area contributed by atoms with Crippen LogP contribution >= 0.6 is 31.9 Å². The van der Waals surface area contributed by atoms with E-state index in [9.17, 15) is 0 Å². The minimum Gasteiger partial charge on any atom is -0.467 e. The second kappa shape index (κ2) is 5.17. The van der Waals surface area contributed by atoms with Crippen molar-refractivity contribution in [2.24, 2.45) is 0 Å². The Labute approximate surface area is 111 Å². The Bertz CT molecular complexity index is 468. The molecular weight excluding hydrogens is 334 g/mol. The highest BCUT2D eigenvalue weighted by Crippen LogP contribution is 2.30. The lowest BCUT2D eigenvalue weighted by molar-refractivity contribution is 0.462. The van der Waals surface area contributed by atoms with Crippen LogP contribution in [0.4, 0.5) is 0 Å². The molecule has 1 atom stereocenters. The van der Waals surface area contributed by atoms with Crippen molar-refractivity contribution in [3.05, 3.63) is 56.9 Å². The third-order valence-corrected chi connectivity index (χ3v) is 3.57. The fraction of sp³-hybridized carbons (Fsp3) is 0.167. The largest absolute Gasteiger partial charge is 0.467 e. The predicted octanol–water partition coefficient (Wildman–Crippen LogP) is 4.11. The molecular formula is C12H11Br2NO. The summed E-state index contributed by atoms with van der Waals surface area (Å²) in [5, 5.41) is 3.24. The van der Waals surface area contributed by atoms with Crippen LogP contribution in [0.15, 0.2) is 50.0 Å². The van der Waals surface area contributed by atoms with Crippen LogP contribution in [0.3, 0.4) is 0 Å². The summed E-state index contributed by atoms with van der Waals surface area (Å²) in [6.45, 7) is 0. The molecule has 16 heavy (non-hydrogen) atoms. The van der Waals surface area contributed by atoms with E-state index < -0.39 is 0 Å². The highest BCUT2D eigenvalue weighted by Gasteiger charge is 2.17. The van der Waals surface area contributed by atoms with Crippen LogP contribution in [0.5, 0.6) is 0 Å². The standard InChI is InChI=1S/C12H11Br2NO/c1-15-12(11-3-2-6-16-11)9-5-4-8(13)7-10(9)14/h2-7,12,15H,1H3. The molecule has 4 heteroatoms. The lowest BCUT2D eigenvalue weighted by Gasteiger charge is -2.15. The van der Waals surface area contributed by atoms with Crippen LogP contribution < -0.4 is 5.32 Å². The Morgan fingerprint density at radius 3 is 2.62 bits per heavy atom. The van der Waals surface area contributed by atoms with Gasteiger partial charge in [0.2, 0.25) is 0 Å². The molecule has 0 amide bonds. The first kappa shape index (κ1) is 11.9. The van der Waals surface area contributed by atoms with Gasteiger partial charge in [0.1, 0.15) is 5.76 Å². The van der Waals surface area contributed by atoms with Gasteiger partial charge in [-0.3, -0.25) is 0 Å². The molecule has 1 unspecified atom stereocenters. The van der Waals surface area contributed by atoms with Crippen molar-refractivity contribution in [2.75, 3.05) is 7.05 Å². The molecule has 0 saturated carbocycles. The number of hydrogen-bond donors (Lipinski definition) is 1. The second-order valence-electron chi connectivity index (χ2n) is 3.40. The van der Waals surface area contributed by atoms with Gasteiger partial charge < -0.3 is 9.73 Å². The first-order valence-electron chi connectivity index (χ1n) is 4.88. The van der Waals surface area contributed by atoms with Crippen LogP contribution in [-0.2, 0) is 0 Å². The van der Waals surface area contributed by atoms with Gasteiger partial charge in [0.05, 0.1) is 12.3 Å². The number of benzene rings is 1. The molecule has 2 aromatic rings. The summed E-state index contributed by atoms with van der Waals surface area (Å²) in [5.74, 6) is 0.908. The van der Waals surface area contributed by atoms with Crippen molar-refractivity contribution < 1.29 is 4.42 Å². The van der Waals surface area contributed by atoms with E-state index in [1.54, 1.807) is 6.26 Å². The molecule has 0 saturated heterocycles. The molecule has 2 rings (SSSR count). The maximum absolute atomic E-state index is 5.43. The van der Waals surface area contributed by atoms with Gasteiger partial charge in [-0.1, -0.05) is 37.9 Å². The molecule has 0 aliphatic heterocycles. The topological polar surface area (TPSA) is 25.2 Å². The highest BCUT2D eigenvalue weighted by molar-refractivity contribution is 9.11. The Morgan fingerprint density at radius 1 is 1.25 bits per heavy atom. The van der Waals surface area contributed by atoms with Crippen LogP contribution in [0.1, 0.15) is 17.4 Å². The smallest absolute Gasteiger partial charge is 0.125 e. The van der Waals surface area contributed by atoms with Crippen molar-refractivity contribution in [3.8, 4) is 0 Å². The first-order chi connectivity index (χ1) is 7.72. The lowest BCUT2D eigenvalue weighted by atomic mass is 10.1. The maximum Gasteiger partial charge on any atom is 0.125 e. The van der Waals surface area contributed by atoms with E-state index in [-0.39, 0.29) is 6.04 Å². The molecule has 0 bridgehead atoms. The van der Waals surface area contributed by atoms with Gasteiger partial charge in [-0.2, -0.15) is 0 Å². The van der Waals surface area contributed by atoms with Gasteiger partial charge >= 0.3 is 0 Å². The molecule has 84 valence electrons. The van der Waals surface area contributed by atoms with E-state index in [2.05, 4.69) is 43.2 Å². The van der Waals surface area contributed by atoms with Crippen LogP contribution in [0, 0.1) is 0 Å². The van der Waals surface area contributed by atoms with Crippen molar-refractivity contribution in [1.29, 1.82) is 0 Å². The zero-order valence-electron chi connectivity index (χ0n) is 8.71. The number of rotatable bonds is 3. The van der Waals surface area contributed by atoms with Crippen LogP contribution in [0.2, 0.25) is 0 Å². The van der Waals surface area contributed by atoms with Gasteiger partial charge in [-0.25, -0.2) is 0 Å². The van der Waals surface area contributed by atoms with E-state index >= 15 is 0 Å². The van der Waals surface area contributed by atoms with E-state index in [4.69, 9.17) is 4.42 Å². The van der Waals surface area contributed by atoms with Gasteiger partial charge in [-0.05, 0) is 36.9 Å². The molecule has 0 aliphatic rings. The molecule has 1 heterocycles. The minimum atomic E-state index is 0.0671. The fourth-order valence-electron chi connectivity index (χ4n) is 1.64. The third kappa shape index (κ3) is 2.39. The summed E-state index contributed by atoms with van der Waals surface area (Å²) in [5.41, 5.74) is 1.15. The Morgan fingerprint density at radius 2 is 2.06 bits per heavy atom. The fourth-order valence-corrected chi connectivity index (χ4v) is 2.92. The molecule has 1 N–H and O–H groups in total. The highest BCUT2D eigenvalue weighted by atomic mass is 79.9. The van der Waals surface area contributed by atoms with Crippen molar-refractivity contribution in [2.45, 2.75) is 6.04 Å². The summed E-state index contributed by atoms with van der Waals surface area (Å²) in [7, 11) is 1.92. The average molecular weight is 345 g/mol. The van der Waals surface area contributed by atoms with Gasteiger partial charge in [0.15, 0.2) is 0 Å². The van der Waals surface area contributed by atoms with E-state index in [0.29, 0.717) is 0 Å². The SMILES string of the molecule is CNC(c1ccco1)c1ccc(Br)cc1Br. The van der Waals surface area contributed by atoms with Gasteiger partial charge in [-0.15, -0.1) is 0 Å². The summed E-state index contributed by atoms with van der Waals surface area (Å²) in [4.78, 5) is 0. The van der Waals surface area contributed by atoms with Crippen LogP contribution in [0.25, 0.3) is 0 Å². The summed E-state index contributed by atoms with van der Waals surface area (Å²) >= 11 is 7.00. The molecule has 0 aliphatic carbocycles. The van der Waals surface area contributed by atoms with Crippen molar-refractivity contribution in [1.82, 2.24) is 5.32 Å². The molecule has 0 radical (unpaired) electrons. The van der Waals surface area contributed by atoms with E-state index in [0.717, 1.165) is 20.3 Å². The quantitative estimate of drug-likeness (QED) is 0.906. The Hall–Kier alpha value is -0.580. The van der Waals surface area contributed by atoms with Gasteiger partial charge in [0, 0.05) is 8.95 Å². The van der Waals surface area contributed by atoms with Crippen molar-refractivity contribution >= 4 is 31.9 Å². The first-order valence-corrected chi connectivity index (χ1v) is 6.46. The third-order valence-electron chi connectivity index (χ3n) is 2.39. The number of hydrogen-bond acceptors (Lipinski definition) is 2. The summed E-state index contributed by atoms with van der Waals surface area (Å²) in [6.07, 6.45) is 1.69. The number of halogens is 2. The Balaban J connectivity index is 2.41. The molecule has 2 nitrogen and oxygen atoms in total. The maximum atomic E-state index is 5.43. The molecule has 1 aromatic heterocycles. The van der Waals surface area contributed by atoms with Gasteiger partial charge in [0.25, 0.3) is 0 Å². The minimum absolute atomic E-state index is 0.0671. The number of nitrogens with one attached hydrogen (secondary N) is 1. The van der Waals surface area contributed by atoms with Crippen molar-refractivity contribution in [3.63, 3.8) is 0 Å². The zero-order valence-corrected chi connectivity index (χ0v) is 11.9. The Kier molecular flexibility index (Phi) is 3.84. The number of furan rings is 1. The zero-order chi connectivity index (χ0) is 11.5. The second-order valence-corrected chi connectivity index (χ2v) is 5.17. The van der Waals surface area contributed by atoms with E-state index in [1.165, 1.54) is 0 Å².